The molecule has 13 heavy (non-hydrogen) atoms. The van der Waals surface area contributed by atoms with Crippen LogP contribution >= 0.6 is 0 Å². The van der Waals surface area contributed by atoms with E-state index in [2.05, 4.69) is 19.7 Å². The van der Waals surface area contributed by atoms with E-state index >= 15 is 0 Å². The maximum absolute atomic E-state index is 10.9. The monoisotopic (exact) mass is 182 g/mol. The van der Waals surface area contributed by atoms with Crippen molar-refractivity contribution < 1.29 is 4.74 Å². The molecule has 6 nitrogen and oxygen atoms in total. The summed E-state index contributed by atoms with van der Waals surface area (Å²) in [6.07, 6.45) is 0. The van der Waals surface area contributed by atoms with E-state index in [-0.39, 0.29) is 17.5 Å². The molecule has 3 N–H and O–H groups in total. The minimum absolute atomic E-state index is 0.0475. The molecule has 0 aliphatic carbocycles. The highest BCUT2D eigenvalue weighted by Crippen LogP contribution is 1.99. The fourth-order valence-corrected chi connectivity index (χ4v) is 0.766. The van der Waals surface area contributed by atoms with Crippen molar-refractivity contribution in [1.29, 1.82) is 0 Å². The van der Waals surface area contributed by atoms with Gasteiger partial charge >= 0.3 is 0 Å². The molecule has 1 aromatic rings. The van der Waals surface area contributed by atoms with E-state index in [1.54, 1.807) is 6.92 Å². The van der Waals surface area contributed by atoms with E-state index < -0.39 is 0 Å². The maximum Gasteiger partial charge on any atom is 0.289 e. The molecule has 0 amide bonds. The zero-order valence-corrected chi connectivity index (χ0v) is 7.37. The van der Waals surface area contributed by atoms with Gasteiger partial charge in [-0.3, -0.25) is 9.78 Å². The first-order chi connectivity index (χ1) is 6.11. The second-order valence-corrected chi connectivity index (χ2v) is 2.36. The van der Waals surface area contributed by atoms with Crippen molar-refractivity contribution in [3.63, 3.8) is 0 Å². The lowest BCUT2D eigenvalue weighted by atomic mass is 10.4. The number of methoxy groups -OCH3 is 1. The zero-order valence-electron chi connectivity index (χ0n) is 7.37. The van der Waals surface area contributed by atoms with Crippen molar-refractivity contribution in [2.45, 2.75) is 6.92 Å². The van der Waals surface area contributed by atoms with Gasteiger partial charge in [0.05, 0.1) is 7.11 Å². The van der Waals surface area contributed by atoms with Gasteiger partial charge < -0.3 is 10.5 Å². The van der Waals surface area contributed by atoms with Crippen LogP contribution in [0.15, 0.2) is 15.9 Å². The van der Waals surface area contributed by atoms with Crippen molar-refractivity contribution in [2.75, 3.05) is 7.11 Å². The summed E-state index contributed by atoms with van der Waals surface area (Å²) in [5.74, 6) is 0.143. The molecule has 0 atom stereocenters. The van der Waals surface area contributed by atoms with Crippen molar-refractivity contribution in [3.05, 3.63) is 22.1 Å². The molecule has 0 unspecified atom stereocenters. The van der Waals surface area contributed by atoms with E-state index in [0.717, 1.165) is 0 Å². The third-order valence-corrected chi connectivity index (χ3v) is 1.28. The van der Waals surface area contributed by atoms with E-state index in [9.17, 15) is 4.79 Å². The Morgan fingerprint density at radius 1 is 1.77 bits per heavy atom. The molecule has 1 aromatic heterocycles. The van der Waals surface area contributed by atoms with Gasteiger partial charge in [-0.15, -0.1) is 0 Å². The summed E-state index contributed by atoms with van der Waals surface area (Å²) < 4.78 is 4.60. The van der Waals surface area contributed by atoms with Crippen LogP contribution in [0.1, 0.15) is 5.69 Å². The predicted octanol–water partition coefficient (Wildman–Crippen LogP) is -0.329. The average Bonchev–Trinajstić information content (AvgIpc) is 2.02. The number of hydrogen-bond donors (Lipinski definition) is 2. The van der Waals surface area contributed by atoms with Crippen LogP contribution < -0.4 is 11.3 Å². The number of nitrogens with zero attached hydrogens (tertiary/aromatic N) is 2. The highest BCUT2D eigenvalue weighted by atomic mass is 16.5. The summed E-state index contributed by atoms with van der Waals surface area (Å²) in [6.45, 7) is 1.69. The summed E-state index contributed by atoms with van der Waals surface area (Å²) >= 11 is 0. The van der Waals surface area contributed by atoms with Crippen LogP contribution in [-0.2, 0) is 4.74 Å². The SMILES string of the molecule is CO/C(N)=N/c1nc(C)cc(=O)[nH]1. The number of nitrogens with one attached hydrogen (secondary N) is 1. The standard InChI is InChI=1S/C7H10N4O2/c1-4-3-5(12)10-7(9-4)11-6(8)13-2/h3H,1-2H3,(H3,8,9,10,11,12). The lowest BCUT2D eigenvalue weighted by molar-refractivity contribution is 0.396. The molecule has 1 heterocycles. The van der Waals surface area contributed by atoms with Gasteiger partial charge in [0.25, 0.3) is 11.6 Å². The van der Waals surface area contributed by atoms with Crippen LogP contribution in [0.5, 0.6) is 0 Å². The zero-order chi connectivity index (χ0) is 9.84. The molecule has 6 heteroatoms. The van der Waals surface area contributed by atoms with Crippen LogP contribution in [-0.4, -0.2) is 23.1 Å². The molecule has 0 aliphatic heterocycles. The summed E-state index contributed by atoms with van der Waals surface area (Å²) in [7, 11) is 1.38. The summed E-state index contributed by atoms with van der Waals surface area (Å²) in [6, 6.07) is 1.32. The molecule has 0 bridgehead atoms. The summed E-state index contributed by atoms with van der Waals surface area (Å²) in [4.78, 5) is 21.0. The van der Waals surface area contributed by atoms with Crippen molar-refractivity contribution >= 4 is 12.0 Å². The molecular formula is C7H10N4O2. The number of H-pyrrole nitrogens is 1. The summed E-state index contributed by atoms with van der Waals surface area (Å²) in [5.41, 5.74) is 5.58. The number of aryl methyl sites for hydroxylation is 1. The van der Waals surface area contributed by atoms with Gasteiger partial charge in [-0.25, -0.2) is 4.98 Å². The fourth-order valence-electron chi connectivity index (χ4n) is 0.766. The number of ether oxygens (including phenoxy) is 1. The lowest BCUT2D eigenvalue weighted by Crippen LogP contribution is -2.14. The molecule has 70 valence electrons. The Bertz CT molecular complexity index is 382. The van der Waals surface area contributed by atoms with Gasteiger partial charge in [-0.1, -0.05) is 0 Å². The molecule has 0 aliphatic rings. The topological polar surface area (TPSA) is 93.4 Å². The van der Waals surface area contributed by atoms with Crippen LogP contribution in [0.3, 0.4) is 0 Å². The Balaban J connectivity index is 3.09. The van der Waals surface area contributed by atoms with Gasteiger partial charge in [0.1, 0.15) is 0 Å². The van der Waals surface area contributed by atoms with Gasteiger partial charge in [0, 0.05) is 11.8 Å². The van der Waals surface area contributed by atoms with Crippen LogP contribution in [0.25, 0.3) is 0 Å². The molecule has 0 fully saturated rings. The third kappa shape index (κ3) is 2.58. The first-order valence-electron chi connectivity index (χ1n) is 3.58. The first kappa shape index (κ1) is 9.24. The third-order valence-electron chi connectivity index (χ3n) is 1.28. The predicted molar refractivity (Wildman–Crippen MR) is 47.9 cm³/mol. The Morgan fingerprint density at radius 2 is 2.46 bits per heavy atom. The fraction of sp³-hybridized carbons (Fsp3) is 0.286. The first-order valence-corrected chi connectivity index (χ1v) is 3.58. The van der Waals surface area contributed by atoms with Crippen LogP contribution in [0.2, 0.25) is 0 Å². The molecule has 0 radical (unpaired) electrons. The van der Waals surface area contributed by atoms with Crippen molar-refractivity contribution in [2.24, 2.45) is 10.7 Å². The number of rotatable bonds is 1. The molecule has 0 spiro atoms. The van der Waals surface area contributed by atoms with E-state index in [0.29, 0.717) is 5.69 Å². The molecule has 0 saturated carbocycles. The molecule has 0 saturated heterocycles. The lowest BCUT2D eigenvalue weighted by Gasteiger charge is -1.97. The molecular weight excluding hydrogens is 172 g/mol. The van der Waals surface area contributed by atoms with Gasteiger partial charge in [-0.05, 0) is 6.92 Å². The molecule has 0 aromatic carbocycles. The number of aromatic nitrogens is 2. The highest BCUT2D eigenvalue weighted by Gasteiger charge is 1.96. The average molecular weight is 182 g/mol. The van der Waals surface area contributed by atoms with E-state index in [4.69, 9.17) is 5.73 Å². The molecule has 1 rings (SSSR count). The second kappa shape index (κ2) is 3.70. The number of aliphatic imine (C=N–C) groups is 1. The second-order valence-electron chi connectivity index (χ2n) is 2.36. The quantitative estimate of drug-likeness (QED) is 0.459. The Labute approximate surface area is 74.5 Å². The van der Waals surface area contributed by atoms with Crippen molar-refractivity contribution in [1.82, 2.24) is 9.97 Å². The normalized spacial score (nSPS) is 11.4. The Hall–Kier alpha value is -1.85. The number of aromatic amines is 1. The van der Waals surface area contributed by atoms with E-state index in [1.165, 1.54) is 13.2 Å². The highest BCUT2D eigenvalue weighted by molar-refractivity contribution is 5.73. The van der Waals surface area contributed by atoms with Crippen molar-refractivity contribution in [3.8, 4) is 0 Å². The number of hydrogen-bond acceptors (Lipinski definition) is 4. The van der Waals surface area contributed by atoms with Crippen LogP contribution in [0.4, 0.5) is 5.95 Å². The van der Waals surface area contributed by atoms with Gasteiger partial charge in [0.15, 0.2) is 0 Å². The van der Waals surface area contributed by atoms with E-state index in [1.807, 2.05) is 0 Å². The summed E-state index contributed by atoms with van der Waals surface area (Å²) in [5, 5.41) is 0. The largest absolute Gasteiger partial charge is 0.468 e. The maximum atomic E-state index is 10.9. The Kier molecular flexibility index (Phi) is 2.63. The minimum Gasteiger partial charge on any atom is -0.468 e. The number of amidine groups is 1. The smallest absolute Gasteiger partial charge is 0.289 e. The van der Waals surface area contributed by atoms with Gasteiger partial charge in [-0.2, -0.15) is 4.99 Å². The minimum atomic E-state index is -0.268. The Morgan fingerprint density at radius 3 is 3.00 bits per heavy atom. The van der Waals surface area contributed by atoms with Gasteiger partial charge in [0.2, 0.25) is 5.95 Å². The van der Waals surface area contributed by atoms with Crippen LogP contribution in [0, 0.1) is 6.92 Å². The number of nitrogens with two attached hydrogens (primary N) is 1.